The van der Waals surface area contributed by atoms with Gasteiger partial charge in [0.1, 0.15) is 17.0 Å². The maximum Gasteiger partial charge on any atom is 0.274 e. The van der Waals surface area contributed by atoms with Crippen molar-refractivity contribution >= 4 is 34.4 Å². The zero-order valence-corrected chi connectivity index (χ0v) is 14.4. The molecule has 4 rings (SSSR count). The van der Waals surface area contributed by atoms with Gasteiger partial charge >= 0.3 is 0 Å². The Kier molecular flexibility index (Phi) is 4.08. The average Bonchev–Trinajstić information content (AvgIpc) is 2.93. The Morgan fingerprint density at radius 2 is 2.00 bits per heavy atom. The Hall–Kier alpha value is -3.68. The van der Waals surface area contributed by atoms with Crippen molar-refractivity contribution in [3.05, 3.63) is 59.4 Å². The van der Waals surface area contributed by atoms with Crippen molar-refractivity contribution in [2.45, 2.75) is 13.0 Å². The molecule has 0 unspecified atom stereocenters. The molecule has 8 nitrogen and oxygen atoms in total. The zero-order chi connectivity index (χ0) is 19.0. The number of carbonyl (C=O) groups is 3. The number of benzene rings is 1. The lowest BCUT2D eigenvalue weighted by molar-refractivity contribution is 0.0949. The zero-order valence-electron chi connectivity index (χ0n) is 14.4. The van der Waals surface area contributed by atoms with Crippen molar-refractivity contribution in [2.24, 2.45) is 5.73 Å². The lowest BCUT2D eigenvalue weighted by Crippen LogP contribution is -2.22. The van der Waals surface area contributed by atoms with E-state index >= 15 is 0 Å². The Balaban J connectivity index is 1.70. The van der Waals surface area contributed by atoms with E-state index in [1.54, 1.807) is 42.5 Å². The molecule has 0 spiro atoms. The number of amides is 3. The lowest BCUT2D eigenvalue weighted by Gasteiger charge is -2.09. The quantitative estimate of drug-likeness (QED) is 0.653. The number of hydrogen-bond donors (Lipinski definition) is 3. The van der Waals surface area contributed by atoms with Crippen molar-refractivity contribution < 1.29 is 14.4 Å². The number of fused-ring (bicyclic) bond motifs is 3. The van der Waals surface area contributed by atoms with Gasteiger partial charge < -0.3 is 20.9 Å². The largest absolute Gasteiger partial charge is 0.366 e. The molecule has 0 bridgehead atoms. The van der Waals surface area contributed by atoms with Gasteiger partial charge in [0.25, 0.3) is 17.7 Å². The molecule has 0 saturated heterocycles. The first-order valence-corrected chi connectivity index (χ1v) is 8.53. The highest BCUT2D eigenvalue weighted by atomic mass is 16.2. The summed E-state index contributed by atoms with van der Waals surface area (Å²) >= 11 is 0. The van der Waals surface area contributed by atoms with Gasteiger partial charge in [-0.15, -0.1) is 0 Å². The molecular weight excluding hydrogens is 346 g/mol. The van der Waals surface area contributed by atoms with Gasteiger partial charge in [0, 0.05) is 18.5 Å². The molecular formula is C19H17N5O3. The second-order valence-electron chi connectivity index (χ2n) is 6.26. The predicted octanol–water partition coefficient (Wildman–Crippen LogP) is 1.52. The van der Waals surface area contributed by atoms with E-state index in [4.69, 9.17) is 5.73 Å². The molecule has 1 aliphatic rings. The van der Waals surface area contributed by atoms with Crippen molar-refractivity contribution in [3.63, 3.8) is 0 Å². The summed E-state index contributed by atoms with van der Waals surface area (Å²) in [6, 6.07) is 11.6. The summed E-state index contributed by atoms with van der Waals surface area (Å²) in [5, 5.41) is 6.30. The number of hydrogen-bond acceptors (Lipinski definition) is 4. The minimum atomic E-state index is -0.628. The molecule has 136 valence electrons. The van der Waals surface area contributed by atoms with Crippen molar-refractivity contribution in [3.8, 4) is 0 Å². The highest BCUT2D eigenvalue weighted by Gasteiger charge is 2.20. The van der Waals surface area contributed by atoms with Crippen molar-refractivity contribution in [1.82, 2.24) is 14.9 Å². The molecule has 0 saturated carbocycles. The van der Waals surface area contributed by atoms with E-state index in [-0.39, 0.29) is 17.2 Å². The molecule has 4 N–H and O–H groups in total. The van der Waals surface area contributed by atoms with Crippen LogP contribution in [0.3, 0.4) is 0 Å². The molecule has 0 fully saturated rings. The molecule has 0 radical (unpaired) electrons. The monoisotopic (exact) mass is 363 g/mol. The van der Waals surface area contributed by atoms with Gasteiger partial charge in [0.2, 0.25) is 0 Å². The smallest absolute Gasteiger partial charge is 0.274 e. The van der Waals surface area contributed by atoms with E-state index < -0.39 is 11.8 Å². The first-order valence-electron chi connectivity index (χ1n) is 8.53. The molecule has 0 atom stereocenters. The van der Waals surface area contributed by atoms with Gasteiger partial charge in [0.05, 0.1) is 11.3 Å². The first-order chi connectivity index (χ1) is 13.0. The first kappa shape index (κ1) is 16.8. The summed E-state index contributed by atoms with van der Waals surface area (Å²) in [6.07, 6.45) is 0.784. The predicted molar refractivity (Wildman–Crippen MR) is 99.6 cm³/mol. The molecule has 1 aromatic carbocycles. The fourth-order valence-electron chi connectivity index (χ4n) is 3.19. The number of para-hydroxylation sites is 1. The number of rotatable bonds is 3. The van der Waals surface area contributed by atoms with Crippen LogP contribution in [0, 0.1) is 0 Å². The van der Waals surface area contributed by atoms with Gasteiger partial charge in [0.15, 0.2) is 0 Å². The van der Waals surface area contributed by atoms with Gasteiger partial charge in [-0.3, -0.25) is 14.4 Å². The van der Waals surface area contributed by atoms with Crippen LogP contribution in [-0.2, 0) is 6.54 Å². The highest BCUT2D eigenvalue weighted by Crippen LogP contribution is 2.22. The Bertz CT molecular complexity index is 1090. The maximum atomic E-state index is 12.6. The fraction of sp³-hybridized carbons (Fsp3) is 0.158. The summed E-state index contributed by atoms with van der Waals surface area (Å²) in [5.74, 6) is -1.23. The molecule has 0 aliphatic carbocycles. The number of nitrogens with zero attached hydrogens (tertiary/aromatic N) is 2. The summed E-state index contributed by atoms with van der Waals surface area (Å²) in [4.78, 5) is 40.8. The van der Waals surface area contributed by atoms with Crippen LogP contribution < -0.4 is 16.4 Å². The summed E-state index contributed by atoms with van der Waals surface area (Å²) < 4.78 is 1.83. The van der Waals surface area contributed by atoms with Gasteiger partial charge in [-0.25, -0.2) is 4.98 Å². The molecule has 2 aromatic heterocycles. The minimum absolute atomic E-state index is 0.146. The maximum absolute atomic E-state index is 12.6. The number of nitrogens with two attached hydrogens (primary N) is 1. The number of aryl methyl sites for hydroxylation is 1. The standard InChI is InChI=1S/C19H17N5O3/c20-16(25)12-4-1-2-5-13(12)23-18(26)14-7-6-11-10-15-19(27)21-8-3-9-24(15)17(11)22-14/h1-2,4-7,10H,3,8-9H2,(H2,20,25)(H,21,27)(H,23,26). The summed E-state index contributed by atoms with van der Waals surface area (Å²) in [7, 11) is 0. The Morgan fingerprint density at radius 1 is 1.19 bits per heavy atom. The van der Waals surface area contributed by atoms with E-state index in [1.807, 2.05) is 4.57 Å². The van der Waals surface area contributed by atoms with Crippen LogP contribution in [0.25, 0.3) is 11.0 Å². The van der Waals surface area contributed by atoms with Crippen LogP contribution in [0.4, 0.5) is 5.69 Å². The third-order valence-electron chi connectivity index (χ3n) is 4.49. The Labute approximate surface area is 154 Å². The van der Waals surface area contributed by atoms with Gasteiger partial charge in [-0.2, -0.15) is 0 Å². The average molecular weight is 363 g/mol. The lowest BCUT2D eigenvalue weighted by atomic mass is 10.1. The number of carbonyl (C=O) groups excluding carboxylic acids is 3. The van der Waals surface area contributed by atoms with Gasteiger partial charge in [-0.05, 0) is 36.8 Å². The third kappa shape index (κ3) is 3.01. The number of anilines is 1. The van der Waals surface area contributed by atoms with E-state index in [1.165, 1.54) is 0 Å². The summed E-state index contributed by atoms with van der Waals surface area (Å²) in [6.45, 7) is 1.24. The Morgan fingerprint density at radius 3 is 2.81 bits per heavy atom. The molecule has 3 aromatic rings. The van der Waals surface area contributed by atoms with Crippen LogP contribution in [0.2, 0.25) is 0 Å². The van der Waals surface area contributed by atoms with Crippen LogP contribution in [0.15, 0.2) is 42.5 Å². The van der Waals surface area contributed by atoms with Gasteiger partial charge in [-0.1, -0.05) is 12.1 Å². The molecule has 8 heteroatoms. The molecule has 3 amide bonds. The number of nitrogens with one attached hydrogen (secondary N) is 2. The number of primary amides is 1. The minimum Gasteiger partial charge on any atom is -0.366 e. The van der Waals surface area contributed by atoms with Crippen molar-refractivity contribution in [1.29, 1.82) is 0 Å². The van der Waals surface area contributed by atoms with Crippen molar-refractivity contribution in [2.75, 3.05) is 11.9 Å². The molecule has 27 heavy (non-hydrogen) atoms. The highest BCUT2D eigenvalue weighted by molar-refractivity contribution is 6.08. The second-order valence-corrected chi connectivity index (χ2v) is 6.26. The van der Waals surface area contributed by atoms with E-state index in [2.05, 4.69) is 15.6 Å². The fourth-order valence-corrected chi connectivity index (χ4v) is 3.19. The van der Waals surface area contributed by atoms with E-state index in [0.29, 0.717) is 30.1 Å². The number of aromatic nitrogens is 2. The van der Waals surface area contributed by atoms with Crippen LogP contribution in [-0.4, -0.2) is 33.8 Å². The molecule has 1 aliphatic heterocycles. The number of pyridine rings is 1. The van der Waals surface area contributed by atoms with E-state index in [9.17, 15) is 14.4 Å². The van der Waals surface area contributed by atoms with Crippen LogP contribution in [0.5, 0.6) is 0 Å². The summed E-state index contributed by atoms with van der Waals surface area (Å²) in [5.41, 5.74) is 7.20. The normalized spacial score (nSPS) is 13.6. The van der Waals surface area contributed by atoms with Crippen LogP contribution >= 0.6 is 0 Å². The molecule has 3 heterocycles. The van der Waals surface area contributed by atoms with E-state index in [0.717, 1.165) is 11.8 Å². The van der Waals surface area contributed by atoms with Crippen LogP contribution in [0.1, 0.15) is 37.8 Å². The topological polar surface area (TPSA) is 119 Å². The second kappa shape index (κ2) is 6.56. The third-order valence-corrected chi connectivity index (χ3v) is 4.49. The SMILES string of the molecule is NC(=O)c1ccccc1NC(=O)c1ccc2cc3n(c2n1)CCCNC3=O.